The van der Waals surface area contributed by atoms with Crippen LogP contribution in [0.3, 0.4) is 0 Å². The average Bonchev–Trinajstić information content (AvgIpc) is 2.76. The first-order valence-corrected chi connectivity index (χ1v) is 11.0. The Hall–Kier alpha value is -3.66. The fourth-order valence-electron chi connectivity index (χ4n) is 2.57. The highest BCUT2D eigenvalue weighted by Crippen LogP contribution is 2.30. The van der Waals surface area contributed by atoms with Crippen molar-refractivity contribution in [3.8, 4) is 5.75 Å². The minimum atomic E-state index is -4.93. The maximum atomic E-state index is 13.2. The summed E-state index contributed by atoms with van der Waals surface area (Å²) >= 11 is 0. The van der Waals surface area contributed by atoms with E-state index in [0.717, 1.165) is 24.3 Å². The number of ether oxygens (including phenoxy) is 1. The summed E-state index contributed by atoms with van der Waals surface area (Å²) in [4.78, 5) is 10.9. The van der Waals surface area contributed by atoms with Crippen LogP contribution in [0.25, 0.3) is 0 Å². The van der Waals surface area contributed by atoms with Crippen molar-refractivity contribution < 1.29 is 39.5 Å². The Labute approximate surface area is 194 Å². The predicted octanol–water partition coefficient (Wildman–Crippen LogP) is 3.92. The molecule has 0 aliphatic heterocycles. The van der Waals surface area contributed by atoms with E-state index in [2.05, 4.69) is 35.0 Å². The number of rotatable bonds is 9. The monoisotopic (exact) mass is 522 g/mol. The number of hydrogen-bond donors (Lipinski definition) is 3. The molecule has 0 radical (unpaired) electrons. The first-order valence-electron chi connectivity index (χ1n) is 9.55. The number of nitrogens with zero attached hydrogens (tertiary/aromatic N) is 3. The van der Waals surface area contributed by atoms with Crippen LogP contribution in [0, 0.1) is 0 Å². The average molecular weight is 522 g/mol. The molecule has 188 valence electrons. The number of aromatic nitrogens is 3. The highest BCUT2D eigenvalue weighted by molar-refractivity contribution is 7.89. The predicted molar refractivity (Wildman–Crippen MR) is 111 cm³/mol. The van der Waals surface area contributed by atoms with Gasteiger partial charge in [0, 0.05) is 25.4 Å². The van der Waals surface area contributed by atoms with Gasteiger partial charge in [0.2, 0.25) is 16.0 Å². The summed E-state index contributed by atoms with van der Waals surface area (Å²) in [5.74, 6) is -0.985. The standard InChI is InChI=1S/C19H16F6N6O3S/c20-18(21,22)14-11-16(30-15-3-1-2-8-26-15)31-17(29-14)27-9-10-28-35(32,33)13-6-4-12(5-7-13)34-19(23,24)25/h1-8,11,28H,9-10H2,(H2,26,27,29,30,31). The number of halogens is 6. The maximum Gasteiger partial charge on any atom is 0.573 e. The fourth-order valence-corrected chi connectivity index (χ4v) is 3.60. The van der Waals surface area contributed by atoms with Crippen molar-refractivity contribution in [1.29, 1.82) is 0 Å². The first-order chi connectivity index (χ1) is 16.3. The Kier molecular flexibility index (Phi) is 7.64. The van der Waals surface area contributed by atoms with Gasteiger partial charge in [-0.3, -0.25) is 0 Å². The Balaban J connectivity index is 1.63. The largest absolute Gasteiger partial charge is 0.573 e. The van der Waals surface area contributed by atoms with Crippen LogP contribution in [0.1, 0.15) is 5.69 Å². The van der Waals surface area contributed by atoms with E-state index in [0.29, 0.717) is 6.07 Å². The molecule has 16 heteroatoms. The molecular weight excluding hydrogens is 506 g/mol. The second-order valence-electron chi connectivity index (χ2n) is 6.64. The third kappa shape index (κ3) is 7.96. The zero-order valence-corrected chi connectivity index (χ0v) is 18.2. The Bertz CT molecular complexity index is 1240. The van der Waals surface area contributed by atoms with E-state index < -0.39 is 40.0 Å². The van der Waals surface area contributed by atoms with Gasteiger partial charge in [-0.05, 0) is 36.4 Å². The zero-order chi connectivity index (χ0) is 25.7. The molecule has 2 heterocycles. The van der Waals surface area contributed by atoms with Crippen molar-refractivity contribution in [2.75, 3.05) is 23.7 Å². The number of nitrogens with one attached hydrogen (secondary N) is 3. The van der Waals surface area contributed by atoms with Crippen LogP contribution in [0.2, 0.25) is 0 Å². The third-order valence-corrected chi connectivity index (χ3v) is 5.48. The summed E-state index contributed by atoms with van der Waals surface area (Å²) in [6.07, 6.45) is -8.28. The molecular formula is C19H16F6N6O3S. The topological polar surface area (TPSA) is 118 Å². The third-order valence-electron chi connectivity index (χ3n) is 4.01. The molecule has 0 aliphatic carbocycles. The molecule has 1 aromatic carbocycles. The molecule has 35 heavy (non-hydrogen) atoms. The molecule has 2 aromatic heterocycles. The van der Waals surface area contributed by atoms with Crippen LogP contribution < -0.4 is 20.1 Å². The first kappa shape index (κ1) is 26.0. The van der Waals surface area contributed by atoms with Crippen molar-refractivity contribution >= 4 is 27.6 Å². The van der Waals surface area contributed by atoms with Crippen LogP contribution >= 0.6 is 0 Å². The summed E-state index contributed by atoms with van der Waals surface area (Å²) in [6, 6.07) is 8.90. The van der Waals surface area contributed by atoms with Gasteiger partial charge in [0.05, 0.1) is 4.90 Å². The second kappa shape index (κ2) is 10.3. The smallest absolute Gasteiger partial charge is 0.406 e. The summed E-state index contributed by atoms with van der Waals surface area (Å²) in [7, 11) is -4.12. The molecule has 0 unspecified atom stereocenters. The number of anilines is 3. The lowest BCUT2D eigenvalue weighted by molar-refractivity contribution is -0.274. The highest BCUT2D eigenvalue weighted by atomic mass is 32.2. The van der Waals surface area contributed by atoms with Crippen molar-refractivity contribution in [1.82, 2.24) is 19.7 Å². The number of sulfonamides is 1. The van der Waals surface area contributed by atoms with Crippen molar-refractivity contribution in [2.45, 2.75) is 17.4 Å². The van der Waals surface area contributed by atoms with E-state index >= 15 is 0 Å². The van der Waals surface area contributed by atoms with Gasteiger partial charge in [0.25, 0.3) is 0 Å². The minimum Gasteiger partial charge on any atom is -0.406 e. The summed E-state index contributed by atoms with van der Waals surface area (Å²) in [5, 5.41) is 5.10. The molecule has 0 atom stereocenters. The van der Waals surface area contributed by atoms with E-state index in [9.17, 15) is 34.8 Å². The molecule has 0 fully saturated rings. The van der Waals surface area contributed by atoms with Gasteiger partial charge < -0.3 is 15.4 Å². The highest BCUT2D eigenvalue weighted by Gasteiger charge is 2.34. The van der Waals surface area contributed by atoms with E-state index in [1.165, 1.54) is 12.3 Å². The molecule has 3 N–H and O–H groups in total. The molecule has 0 saturated heterocycles. The van der Waals surface area contributed by atoms with Gasteiger partial charge in [-0.1, -0.05) is 6.07 Å². The number of benzene rings is 1. The summed E-state index contributed by atoms with van der Waals surface area (Å²) in [5.41, 5.74) is -1.24. The van der Waals surface area contributed by atoms with E-state index in [-0.39, 0.29) is 29.6 Å². The fraction of sp³-hybridized carbons (Fsp3) is 0.211. The van der Waals surface area contributed by atoms with Gasteiger partial charge in [0.15, 0.2) is 5.69 Å². The van der Waals surface area contributed by atoms with Gasteiger partial charge in [-0.2, -0.15) is 18.2 Å². The lowest BCUT2D eigenvalue weighted by Gasteiger charge is -2.13. The molecule has 9 nitrogen and oxygen atoms in total. The van der Waals surface area contributed by atoms with Gasteiger partial charge >= 0.3 is 12.5 Å². The van der Waals surface area contributed by atoms with Crippen LogP contribution in [-0.4, -0.2) is 42.8 Å². The Morgan fingerprint density at radius 3 is 2.20 bits per heavy atom. The van der Waals surface area contributed by atoms with Gasteiger partial charge in [-0.25, -0.2) is 23.1 Å². The van der Waals surface area contributed by atoms with E-state index in [1.54, 1.807) is 12.1 Å². The number of alkyl halides is 6. The second-order valence-corrected chi connectivity index (χ2v) is 8.41. The van der Waals surface area contributed by atoms with Crippen LogP contribution in [0.15, 0.2) is 59.6 Å². The van der Waals surface area contributed by atoms with Gasteiger partial charge in [-0.15, -0.1) is 13.2 Å². The van der Waals surface area contributed by atoms with Crippen molar-refractivity contribution in [3.05, 3.63) is 60.4 Å². The molecule has 3 aromatic rings. The summed E-state index contributed by atoms with van der Waals surface area (Å²) in [6.45, 7) is -0.509. The SMILES string of the molecule is O=S(=O)(NCCNc1nc(Nc2ccccn2)cc(C(F)(F)F)n1)c1ccc(OC(F)(F)F)cc1. The lowest BCUT2D eigenvalue weighted by Crippen LogP contribution is -2.29. The molecule has 0 saturated carbocycles. The Morgan fingerprint density at radius 1 is 0.886 bits per heavy atom. The normalized spacial score (nSPS) is 12.3. The molecule has 0 spiro atoms. The van der Waals surface area contributed by atoms with Gasteiger partial charge in [0.1, 0.15) is 17.4 Å². The van der Waals surface area contributed by atoms with Crippen molar-refractivity contribution in [2.24, 2.45) is 0 Å². The number of hydrogen-bond acceptors (Lipinski definition) is 8. The zero-order valence-electron chi connectivity index (χ0n) is 17.4. The summed E-state index contributed by atoms with van der Waals surface area (Å²) < 4.78 is 107. The Morgan fingerprint density at radius 2 is 1.60 bits per heavy atom. The lowest BCUT2D eigenvalue weighted by atomic mass is 10.3. The molecule has 0 amide bonds. The molecule has 0 aliphatic rings. The molecule has 3 rings (SSSR count). The molecule has 0 bridgehead atoms. The van der Waals surface area contributed by atoms with Crippen LogP contribution in [0.5, 0.6) is 5.75 Å². The van der Waals surface area contributed by atoms with Crippen molar-refractivity contribution in [3.63, 3.8) is 0 Å². The quantitative estimate of drug-likeness (QED) is 0.286. The number of pyridine rings is 1. The van der Waals surface area contributed by atoms with E-state index in [1.807, 2.05) is 0 Å². The van der Waals surface area contributed by atoms with E-state index in [4.69, 9.17) is 0 Å². The maximum absolute atomic E-state index is 13.2. The minimum absolute atomic E-state index is 0.199. The van der Waals surface area contributed by atoms with Crippen LogP contribution in [-0.2, 0) is 16.2 Å². The van der Waals surface area contributed by atoms with Crippen LogP contribution in [0.4, 0.5) is 43.9 Å².